The molecule has 2 aromatic rings. The van der Waals surface area contributed by atoms with Gasteiger partial charge in [0.2, 0.25) is 0 Å². The van der Waals surface area contributed by atoms with Crippen LogP contribution in [0.1, 0.15) is 27.3 Å². The Morgan fingerprint density at radius 3 is 2.95 bits per heavy atom. The van der Waals surface area contributed by atoms with Gasteiger partial charge in [-0.25, -0.2) is 4.98 Å². The SMILES string of the molecule is O=C(Nc1nc2c(s1)CCC2)c1cc([N+](=O)[O-])ccc1Cl. The van der Waals surface area contributed by atoms with E-state index in [1.807, 2.05) is 0 Å². The Balaban J connectivity index is 1.84. The highest BCUT2D eigenvalue weighted by Crippen LogP contribution is 2.31. The molecule has 8 heteroatoms. The zero-order valence-electron chi connectivity index (χ0n) is 10.8. The van der Waals surface area contributed by atoms with Crippen molar-refractivity contribution in [2.24, 2.45) is 0 Å². The third-order valence-electron chi connectivity index (χ3n) is 3.22. The van der Waals surface area contributed by atoms with Crippen molar-refractivity contribution in [3.63, 3.8) is 0 Å². The summed E-state index contributed by atoms with van der Waals surface area (Å²) in [6.45, 7) is 0. The molecule has 0 atom stereocenters. The molecule has 0 unspecified atom stereocenters. The number of fused-ring (bicyclic) bond motifs is 1. The van der Waals surface area contributed by atoms with Crippen LogP contribution < -0.4 is 5.32 Å². The lowest BCUT2D eigenvalue weighted by Gasteiger charge is -2.04. The number of thiazole rings is 1. The number of aryl methyl sites for hydroxylation is 2. The normalized spacial score (nSPS) is 13.0. The summed E-state index contributed by atoms with van der Waals surface area (Å²) in [5.41, 5.74) is 0.924. The lowest BCUT2D eigenvalue weighted by molar-refractivity contribution is -0.384. The van der Waals surface area contributed by atoms with Crippen LogP contribution in [0.15, 0.2) is 18.2 Å². The fourth-order valence-electron chi connectivity index (χ4n) is 2.21. The van der Waals surface area contributed by atoms with Gasteiger partial charge in [-0.3, -0.25) is 20.2 Å². The zero-order chi connectivity index (χ0) is 15.0. The van der Waals surface area contributed by atoms with E-state index in [0.717, 1.165) is 25.0 Å². The Morgan fingerprint density at radius 2 is 2.24 bits per heavy atom. The Bertz CT molecular complexity index is 723. The molecule has 1 aliphatic carbocycles. The number of carbonyl (C=O) groups excluding carboxylic acids is 1. The number of nitro benzene ring substituents is 1. The molecule has 0 bridgehead atoms. The summed E-state index contributed by atoms with van der Waals surface area (Å²) >= 11 is 7.38. The van der Waals surface area contributed by atoms with Gasteiger partial charge in [-0.2, -0.15) is 0 Å². The Labute approximate surface area is 128 Å². The van der Waals surface area contributed by atoms with Gasteiger partial charge in [0.25, 0.3) is 11.6 Å². The number of hydrogen-bond donors (Lipinski definition) is 1. The highest BCUT2D eigenvalue weighted by molar-refractivity contribution is 7.16. The summed E-state index contributed by atoms with van der Waals surface area (Å²) < 4.78 is 0. The number of amides is 1. The minimum atomic E-state index is -0.564. The van der Waals surface area contributed by atoms with E-state index in [1.54, 1.807) is 0 Å². The first-order chi connectivity index (χ1) is 10.0. The second-order valence-electron chi connectivity index (χ2n) is 4.62. The Morgan fingerprint density at radius 1 is 1.43 bits per heavy atom. The van der Waals surface area contributed by atoms with Crippen molar-refractivity contribution >= 4 is 39.7 Å². The van der Waals surface area contributed by atoms with E-state index < -0.39 is 10.8 Å². The maximum Gasteiger partial charge on any atom is 0.270 e. The smallest absolute Gasteiger partial charge is 0.270 e. The van der Waals surface area contributed by atoms with Crippen molar-refractivity contribution in [2.45, 2.75) is 19.3 Å². The quantitative estimate of drug-likeness (QED) is 0.692. The van der Waals surface area contributed by atoms with Crippen LogP contribution in [-0.2, 0) is 12.8 Å². The summed E-state index contributed by atoms with van der Waals surface area (Å²) in [7, 11) is 0. The first-order valence-electron chi connectivity index (χ1n) is 6.28. The fourth-order valence-corrected chi connectivity index (χ4v) is 3.46. The van der Waals surface area contributed by atoms with Crippen molar-refractivity contribution in [1.82, 2.24) is 4.98 Å². The van der Waals surface area contributed by atoms with Gasteiger partial charge >= 0.3 is 0 Å². The number of hydrogen-bond acceptors (Lipinski definition) is 5. The van der Waals surface area contributed by atoms with E-state index in [4.69, 9.17) is 11.6 Å². The summed E-state index contributed by atoms with van der Waals surface area (Å²) in [5, 5.41) is 14.1. The number of nitrogens with one attached hydrogen (secondary N) is 1. The minimum Gasteiger partial charge on any atom is -0.298 e. The van der Waals surface area contributed by atoms with E-state index in [2.05, 4.69) is 10.3 Å². The van der Waals surface area contributed by atoms with Gasteiger partial charge in [0.1, 0.15) is 0 Å². The van der Waals surface area contributed by atoms with Crippen LogP contribution in [-0.4, -0.2) is 15.8 Å². The first-order valence-corrected chi connectivity index (χ1v) is 7.48. The lowest BCUT2D eigenvalue weighted by atomic mass is 10.2. The van der Waals surface area contributed by atoms with E-state index in [1.165, 1.54) is 34.4 Å². The van der Waals surface area contributed by atoms with Crippen LogP contribution in [0.25, 0.3) is 0 Å². The van der Waals surface area contributed by atoms with Gasteiger partial charge in [0.05, 0.1) is 21.2 Å². The first kappa shape index (κ1) is 14.0. The number of nitro groups is 1. The second kappa shape index (κ2) is 5.42. The molecule has 1 N–H and O–H groups in total. The van der Waals surface area contributed by atoms with Gasteiger partial charge in [0.15, 0.2) is 5.13 Å². The van der Waals surface area contributed by atoms with Gasteiger partial charge < -0.3 is 0 Å². The molecule has 0 aliphatic heterocycles. The molecule has 3 rings (SSSR count). The van der Waals surface area contributed by atoms with Gasteiger partial charge in [-0.1, -0.05) is 11.6 Å². The van der Waals surface area contributed by atoms with Crippen molar-refractivity contribution in [3.8, 4) is 0 Å². The molecule has 1 aromatic carbocycles. The molecular formula is C13H10ClN3O3S. The topological polar surface area (TPSA) is 85.1 Å². The average Bonchev–Trinajstić information content (AvgIpc) is 2.99. The molecule has 1 aromatic heterocycles. The maximum atomic E-state index is 12.2. The van der Waals surface area contributed by atoms with Crippen LogP contribution in [0.5, 0.6) is 0 Å². The third kappa shape index (κ3) is 2.74. The molecule has 1 aliphatic rings. The number of benzene rings is 1. The number of nitrogens with zero attached hydrogens (tertiary/aromatic N) is 2. The molecule has 0 radical (unpaired) electrons. The molecule has 1 amide bonds. The standard InChI is InChI=1S/C13H10ClN3O3S/c14-9-5-4-7(17(19)20)6-8(9)12(18)16-13-15-10-2-1-3-11(10)21-13/h4-6H,1-3H2,(H,15,16,18). The molecule has 0 spiro atoms. The molecule has 6 nitrogen and oxygen atoms in total. The van der Waals surface area contributed by atoms with Gasteiger partial charge in [-0.05, 0) is 25.3 Å². The molecule has 0 saturated heterocycles. The van der Waals surface area contributed by atoms with E-state index >= 15 is 0 Å². The summed E-state index contributed by atoms with van der Waals surface area (Å²) in [5.74, 6) is -0.490. The number of carbonyl (C=O) groups is 1. The van der Waals surface area contributed by atoms with Crippen LogP contribution in [0.4, 0.5) is 10.8 Å². The molecule has 108 valence electrons. The van der Waals surface area contributed by atoms with Crippen molar-refractivity contribution in [3.05, 3.63) is 49.5 Å². The molecule has 0 fully saturated rings. The third-order valence-corrected chi connectivity index (χ3v) is 4.62. The number of rotatable bonds is 3. The van der Waals surface area contributed by atoms with Crippen LogP contribution in [0.2, 0.25) is 5.02 Å². The predicted molar refractivity (Wildman–Crippen MR) is 80.2 cm³/mol. The second-order valence-corrected chi connectivity index (χ2v) is 6.11. The Hall–Kier alpha value is -1.99. The minimum absolute atomic E-state index is 0.0706. The molecule has 1 heterocycles. The summed E-state index contributed by atoms with van der Waals surface area (Å²) in [4.78, 5) is 27.9. The van der Waals surface area contributed by atoms with Crippen LogP contribution in [0.3, 0.4) is 0 Å². The summed E-state index contributed by atoms with van der Waals surface area (Å²) in [6, 6.07) is 3.77. The fraction of sp³-hybridized carbons (Fsp3) is 0.231. The van der Waals surface area contributed by atoms with E-state index in [0.29, 0.717) is 5.13 Å². The number of aromatic nitrogens is 1. The highest BCUT2D eigenvalue weighted by atomic mass is 35.5. The van der Waals surface area contributed by atoms with E-state index in [-0.39, 0.29) is 16.3 Å². The van der Waals surface area contributed by atoms with Gasteiger partial charge in [0, 0.05) is 17.0 Å². The summed E-state index contributed by atoms with van der Waals surface area (Å²) in [6.07, 6.45) is 3.01. The Kier molecular flexibility index (Phi) is 3.60. The van der Waals surface area contributed by atoms with Gasteiger partial charge in [-0.15, -0.1) is 11.3 Å². The van der Waals surface area contributed by atoms with Crippen LogP contribution in [0, 0.1) is 10.1 Å². The van der Waals surface area contributed by atoms with Crippen LogP contribution >= 0.6 is 22.9 Å². The number of anilines is 1. The number of non-ortho nitro benzene ring substituents is 1. The van der Waals surface area contributed by atoms with E-state index in [9.17, 15) is 14.9 Å². The van der Waals surface area contributed by atoms with Crippen molar-refractivity contribution in [2.75, 3.05) is 5.32 Å². The molecule has 0 saturated carbocycles. The zero-order valence-corrected chi connectivity index (χ0v) is 12.3. The predicted octanol–water partition coefficient (Wildman–Crippen LogP) is 3.45. The van der Waals surface area contributed by atoms with Crippen molar-refractivity contribution < 1.29 is 9.72 Å². The lowest BCUT2D eigenvalue weighted by Crippen LogP contribution is -2.12. The van der Waals surface area contributed by atoms with Crippen molar-refractivity contribution in [1.29, 1.82) is 0 Å². The molecule has 21 heavy (non-hydrogen) atoms. The number of halogens is 1. The highest BCUT2D eigenvalue weighted by Gasteiger charge is 2.20. The average molecular weight is 324 g/mol. The molecular weight excluding hydrogens is 314 g/mol. The largest absolute Gasteiger partial charge is 0.298 e. The maximum absolute atomic E-state index is 12.2. The monoisotopic (exact) mass is 323 g/mol.